The number of carbonyl (C=O) groups excluding carboxylic acids is 2. The van der Waals surface area contributed by atoms with E-state index in [1.54, 1.807) is 0 Å². The minimum absolute atomic E-state index is 0.0687. The first kappa shape index (κ1) is 16.1. The number of ketones is 1. The molecule has 0 radical (unpaired) electrons. The maximum absolute atomic E-state index is 12.5. The van der Waals surface area contributed by atoms with Crippen molar-refractivity contribution in [2.45, 2.75) is 31.7 Å². The molecule has 0 spiro atoms. The molecule has 4 unspecified atom stereocenters. The van der Waals surface area contributed by atoms with Crippen molar-refractivity contribution < 1.29 is 14.3 Å². The van der Waals surface area contributed by atoms with Gasteiger partial charge in [0.25, 0.3) is 0 Å². The van der Waals surface area contributed by atoms with E-state index in [-0.39, 0.29) is 23.7 Å². The van der Waals surface area contributed by atoms with Crippen LogP contribution < -0.4 is 0 Å². The fraction of sp³-hybridized carbons (Fsp3) is 0.524. The van der Waals surface area contributed by atoms with Crippen LogP contribution in [0.4, 0.5) is 0 Å². The molecule has 1 saturated carbocycles. The molecule has 5 nitrogen and oxygen atoms in total. The second kappa shape index (κ2) is 5.95. The van der Waals surface area contributed by atoms with E-state index >= 15 is 0 Å². The van der Waals surface area contributed by atoms with Crippen LogP contribution in [0.25, 0.3) is 10.9 Å². The van der Waals surface area contributed by atoms with Crippen molar-refractivity contribution in [1.29, 1.82) is 0 Å². The summed E-state index contributed by atoms with van der Waals surface area (Å²) in [6.07, 6.45) is 3.33. The topological polar surface area (TPSA) is 62.4 Å². The molecule has 1 aliphatic carbocycles. The number of H-pyrrole nitrogens is 1. The van der Waals surface area contributed by atoms with Crippen LogP contribution in [0.2, 0.25) is 0 Å². The van der Waals surface area contributed by atoms with Gasteiger partial charge < -0.3 is 9.72 Å². The molecule has 2 aliphatic heterocycles. The number of aromatic nitrogens is 1. The number of hydrogen-bond donors (Lipinski definition) is 1. The van der Waals surface area contributed by atoms with Gasteiger partial charge in [0.2, 0.25) is 0 Å². The highest BCUT2D eigenvalue weighted by Gasteiger charge is 2.49. The Balaban J connectivity index is 1.53. The van der Waals surface area contributed by atoms with Gasteiger partial charge in [-0.25, -0.2) is 0 Å². The second-order valence-electron chi connectivity index (χ2n) is 7.99. The number of rotatable bonds is 1. The predicted octanol–water partition coefficient (Wildman–Crippen LogP) is 2.86. The first-order chi connectivity index (χ1) is 12.7. The van der Waals surface area contributed by atoms with Crippen molar-refractivity contribution >= 4 is 22.7 Å². The van der Waals surface area contributed by atoms with Crippen molar-refractivity contribution in [3.8, 4) is 0 Å². The Morgan fingerprint density at radius 1 is 1.27 bits per heavy atom. The average molecular weight is 352 g/mol. The third-order valence-electron chi connectivity index (χ3n) is 6.83. The number of nitrogens with one attached hydrogen (secondary N) is 1. The number of hydrogen-bond acceptors (Lipinski definition) is 4. The standard InChI is InChI=1S/C21H24N2O3/c1-26-21(25)19-15-10-17-20-14(13-4-2-3-5-16(13)22-20)8-9-23(17)11-12(15)6-7-18(19)24/h2-5,12,15,17,19,22H,6-11H2,1H3. The van der Waals surface area contributed by atoms with E-state index in [1.165, 1.54) is 29.3 Å². The van der Waals surface area contributed by atoms with Gasteiger partial charge in [-0.1, -0.05) is 18.2 Å². The molecule has 3 heterocycles. The Bertz CT molecular complexity index is 879. The molecule has 5 heteroatoms. The van der Waals surface area contributed by atoms with Gasteiger partial charge >= 0.3 is 5.97 Å². The number of esters is 1. The number of para-hydroxylation sites is 1. The number of fused-ring (bicyclic) bond motifs is 6. The van der Waals surface area contributed by atoms with Gasteiger partial charge in [0.15, 0.2) is 0 Å². The minimum Gasteiger partial charge on any atom is -0.468 e. The molecule has 3 aliphatic rings. The van der Waals surface area contributed by atoms with E-state index in [0.29, 0.717) is 12.3 Å². The lowest BCUT2D eigenvalue weighted by Gasteiger charge is -2.49. The zero-order valence-electron chi connectivity index (χ0n) is 15.0. The second-order valence-corrected chi connectivity index (χ2v) is 7.99. The fourth-order valence-electron chi connectivity index (χ4n) is 5.61. The van der Waals surface area contributed by atoms with E-state index in [4.69, 9.17) is 4.74 Å². The molecule has 2 fully saturated rings. The van der Waals surface area contributed by atoms with Crippen LogP contribution in [0.5, 0.6) is 0 Å². The van der Waals surface area contributed by atoms with E-state index in [1.807, 2.05) is 0 Å². The van der Waals surface area contributed by atoms with Crippen molar-refractivity contribution in [2.75, 3.05) is 20.2 Å². The largest absolute Gasteiger partial charge is 0.468 e. The van der Waals surface area contributed by atoms with Crippen LogP contribution in [-0.2, 0) is 20.7 Å². The van der Waals surface area contributed by atoms with Crippen molar-refractivity contribution in [1.82, 2.24) is 9.88 Å². The minimum atomic E-state index is -0.573. The molecular weight excluding hydrogens is 328 g/mol. The van der Waals surface area contributed by atoms with Gasteiger partial charge in [-0.2, -0.15) is 0 Å². The van der Waals surface area contributed by atoms with Crippen LogP contribution >= 0.6 is 0 Å². The number of piperidine rings is 1. The summed E-state index contributed by atoms with van der Waals surface area (Å²) in [5.41, 5.74) is 3.89. The summed E-state index contributed by atoms with van der Waals surface area (Å²) in [6.45, 7) is 2.03. The van der Waals surface area contributed by atoms with Gasteiger partial charge in [-0.3, -0.25) is 14.5 Å². The van der Waals surface area contributed by atoms with Gasteiger partial charge in [-0.15, -0.1) is 0 Å². The Hall–Kier alpha value is -2.14. The summed E-state index contributed by atoms with van der Waals surface area (Å²) in [7, 11) is 1.39. The zero-order valence-corrected chi connectivity index (χ0v) is 15.0. The summed E-state index contributed by atoms with van der Waals surface area (Å²) in [6, 6.07) is 8.74. The summed E-state index contributed by atoms with van der Waals surface area (Å²) < 4.78 is 4.98. The zero-order chi connectivity index (χ0) is 17.8. The maximum atomic E-state index is 12.5. The molecular formula is C21H24N2O3. The first-order valence-electron chi connectivity index (χ1n) is 9.61. The molecule has 1 aromatic heterocycles. The Labute approximate surface area is 152 Å². The molecule has 5 rings (SSSR count). The van der Waals surface area contributed by atoms with Crippen LogP contribution in [-0.4, -0.2) is 41.8 Å². The Morgan fingerprint density at radius 2 is 2.12 bits per heavy atom. The lowest BCUT2D eigenvalue weighted by molar-refractivity contribution is -0.157. The molecule has 136 valence electrons. The number of nitrogens with zero attached hydrogens (tertiary/aromatic N) is 1. The monoisotopic (exact) mass is 352 g/mol. The molecule has 0 amide bonds. The molecule has 1 aromatic carbocycles. The first-order valence-corrected chi connectivity index (χ1v) is 9.61. The van der Waals surface area contributed by atoms with E-state index in [0.717, 1.165) is 32.4 Å². The van der Waals surface area contributed by atoms with E-state index in [2.05, 4.69) is 34.1 Å². The lowest BCUT2D eigenvalue weighted by Crippen LogP contribution is -2.52. The van der Waals surface area contributed by atoms with E-state index in [9.17, 15) is 9.59 Å². The average Bonchev–Trinajstić information content (AvgIpc) is 3.05. The number of aromatic amines is 1. The molecule has 4 atom stereocenters. The van der Waals surface area contributed by atoms with Crippen molar-refractivity contribution in [2.24, 2.45) is 17.8 Å². The number of benzene rings is 1. The van der Waals surface area contributed by atoms with Crippen LogP contribution in [0.15, 0.2) is 24.3 Å². The van der Waals surface area contributed by atoms with Crippen LogP contribution in [0.3, 0.4) is 0 Å². The number of Topliss-reactive ketones (excluding diaryl/α,β-unsaturated/α-hetero) is 1. The number of carbonyl (C=O) groups is 2. The van der Waals surface area contributed by atoms with Gasteiger partial charge in [0.1, 0.15) is 11.7 Å². The quantitative estimate of drug-likeness (QED) is 0.633. The van der Waals surface area contributed by atoms with Crippen molar-refractivity contribution in [3.63, 3.8) is 0 Å². The highest BCUT2D eigenvalue weighted by Crippen LogP contribution is 2.48. The molecule has 0 bridgehead atoms. The highest BCUT2D eigenvalue weighted by atomic mass is 16.5. The number of ether oxygens (including phenoxy) is 1. The third kappa shape index (κ3) is 2.26. The lowest BCUT2D eigenvalue weighted by atomic mass is 9.65. The normalized spacial score (nSPS) is 31.2. The third-order valence-corrected chi connectivity index (χ3v) is 6.83. The SMILES string of the molecule is COC(=O)C1C(=O)CCC2CN3CCc4c([nH]c5ccccc45)C3CC21. The van der Waals surface area contributed by atoms with Gasteiger partial charge in [-0.05, 0) is 42.7 Å². The van der Waals surface area contributed by atoms with Gasteiger partial charge in [0, 0.05) is 36.1 Å². The molecule has 1 saturated heterocycles. The molecule has 26 heavy (non-hydrogen) atoms. The molecule has 2 aromatic rings. The molecule has 1 N–H and O–H groups in total. The highest BCUT2D eigenvalue weighted by molar-refractivity contribution is 6.00. The summed E-state index contributed by atoms with van der Waals surface area (Å²) in [5, 5.41) is 1.31. The fourth-order valence-corrected chi connectivity index (χ4v) is 5.61. The van der Waals surface area contributed by atoms with Gasteiger partial charge in [0.05, 0.1) is 13.2 Å². The maximum Gasteiger partial charge on any atom is 0.316 e. The smallest absolute Gasteiger partial charge is 0.316 e. The Morgan fingerprint density at radius 3 is 2.96 bits per heavy atom. The number of methoxy groups -OCH3 is 1. The van der Waals surface area contributed by atoms with E-state index < -0.39 is 5.92 Å². The Kier molecular flexibility index (Phi) is 3.67. The summed E-state index contributed by atoms with van der Waals surface area (Å²) in [4.78, 5) is 31.0. The summed E-state index contributed by atoms with van der Waals surface area (Å²) >= 11 is 0. The van der Waals surface area contributed by atoms with Crippen LogP contribution in [0.1, 0.15) is 36.6 Å². The predicted molar refractivity (Wildman–Crippen MR) is 97.7 cm³/mol. The van der Waals surface area contributed by atoms with Crippen molar-refractivity contribution in [3.05, 3.63) is 35.5 Å². The van der Waals surface area contributed by atoms with Crippen LogP contribution in [0, 0.1) is 17.8 Å². The summed E-state index contributed by atoms with van der Waals surface area (Å²) in [5.74, 6) is -0.331.